The minimum absolute atomic E-state index is 0.737. The molecule has 84 valence electrons. The van der Waals surface area contributed by atoms with Gasteiger partial charge in [0.25, 0.3) is 0 Å². The van der Waals surface area contributed by atoms with Gasteiger partial charge in [-0.05, 0) is 30.5 Å². The highest BCUT2D eigenvalue weighted by atomic mass is 15.1. The third-order valence-electron chi connectivity index (χ3n) is 2.68. The van der Waals surface area contributed by atoms with Crippen LogP contribution in [0, 0.1) is 5.92 Å². The fraction of sp³-hybridized carbons (Fsp3) is 0.538. The van der Waals surface area contributed by atoms with E-state index in [0.29, 0.717) is 0 Å². The minimum atomic E-state index is 0.737. The van der Waals surface area contributed by atoms with Gasteiger partial charge in [0.1, 0.15) is 0 Å². The number of anilines is 2. The van der Waals surface area contributed by atoms with E-state index >= 15 is 0 Å². The topological polar surface area (TPSA) is 29.3 Å². The molecule has 0 spiro atoms. The summed E-state index contributed by atoms with van der Waals surface area (Å²) in [6.07, 6.45) is 2.54. The fourth-order valence-electron chi connectivity index (χ4n) is 1.92. The molecule has 0 fully saturated rings. The quantitative estimate of drug-likeness (QED) is 0.750. The highest BCUT2D eigenvalue weighted by molar-refractivity contribution is 5.55. The van der Waals surface area contributed by atoms with Crippen molar-refractivity contribution in [1.82, 2.24) is 0 Å². The van der Waals surface area contributed by atoms with Gasteiger partial charge >= 0.3 is 0 Å². The molecule has 2 heteroatoms. The molecule has 2 nitrogen and oxygen atoms in total. The summed E-state index contributed by atoms with van der Waals surface area (Å²) in [5.74, 6) is 0.737. The van der Waals surface area contributed by atoms with E-state index in [2.05, 4.69) is 31.9 Å². The molecule has 15 heavy (non-hydrogen) atoms. The SMILES string of the molecule is CCCC(C)CN(C)c1cccc(N)c1. The predicted molar refractivity (Wildman–Crippen MR) is 68.2 cm³/mol. The first kappa shape index (κ1) is 11.9. The summed E-state index contributed by atoms with van der Waals surface area (Å²) >= 11 is 0. The molecule has 0 aliphatic carbocycles. The second-order valence-corrected chi connectivity index (χ2v) is 4.37. The predicted octanol–water partition coefficient (Wildman–Crippen LogP) is 3.14. The lowest BCUT2D eigenvalue weighted by Crippen LogP contribution is -2.23. The first-order chi connectivity index (χ1) is 7.13. The Morgan fingerprint density at radius 2 is 2.13 bits per heavy atom. The standard InChI is InChI=1S/C13H22N2/c1-4-6-11(2)10-15(3)13-8-5-7-12(14)9-13/h5,7-9,11H,4,6,10,14H2,1-3H3. The van der Waals surface area contributed by atoms with Gasteiger partial charge in [-0.15, -0.1) is 0 Å². The van der Waals surface area contributed by atoms with Gasteiger partial charge in [-0.1, -0.05) is 26.3 Å². The van der Waals surface area contributed by atoms with Crippen LogP contribution >= 0.6 is 0 Å². The lowest BCUT2D eigenvalue weighted by Gasteiger charge is -2.23. The zero-order chi connectivity index (χ0) is 11.3. The lowest BCUT2D eigenvalue weighted by molar-refractivity contribution is 0.524. The minimum Gasteiger partial charge on any atom is -0.399 e. The summed E-state index contributed by atoms with van der Waals surface area (Å²) in [5, 5.41) is 0. The second-order valence-electron chi connectivity index (χ2n) is 4.37. The van der Waals surface area contributed by atoms with Gasteiger partial charge < -0.3 is 10.6 Å². The molecule has 0 bridgehead atoms. The summed E-state index contributed by atoms with van der Waals surface area (Å²) in [7, 11) is 2.13. The molecule has 2 N–H and O–H groups in total. The Kier molecular flexibility index (Phi) is 4.47. The highest BCUT2D eigenvalue weighted by Gasteiger charge is 2.06. The Balaban J connectivity index is 2.56. The van der Waals surface area contributed by atoms with Crippen LogP contribution in [0.5, 0.6) is 0 Å². The van der Waals surface area contributed by atoms with E-state index in [0.717, 1.165) is 18.2 Å². The molecule has 0 amide bonds. The molecule has 0 aliphatic rings. The fourth-order valence-corrected chi connectivity index (χ4v) is 1.92. The van der Waals surface area contributed by atoms with Crippen molar-refractivity contribution in [2.24, 2.45) is 5.92 Å². The van der Waals surface area contributed by atoms with Crippen molar-refractivity contribution in [3.05, 3.63) is 24.3 Å². The van der Waals surface area contributed by atoms with E-state index < -0.39 is 0 Å². The van der Waals surface area contributed by atoms with E-state index in [4.69, 9.17) is 5.73 Å². The summed E-state index contributed by atoms with van der Waals surface area (Å²) in [5.41, 5.74) is 7.80. The zero-order valence-electron chi connectivity index (χ0n) is 10.0. The van der Waals surface area contributed by atoms with Crippen molar-refractivity contribution in [2.75, 3.05) is 24.2 Å². The van der Waals surface area contributed by atoms with E-state index in [9.17, 15) is 0 Å². The first-order valence-electron chi connectivity index (χ1n) is 5.70. The molecule has 0 saturated heterocycles. The van der Waals surface area contributed by atoms with Crippen LogP contribution in [0.1, 0.15) is 26.7 Å². The maximum Gasteiger partial charge on any atom is 0.0384 e. The Hall–Kier alpha value is -1.18. The van der Waals surface area contributed by atoms with Crippen LogP contribution in [0.3, 0.4) is 0 Å². The van der Waals surface area contributed by atoms with Crippen molar-refractivity contribution < 1.29 is 0 Å². The van der Waals surface area contributed by atoms with E-state index in [-0.39, 0.29) is 0 Å². The molecule has 0 radical (unpaired) electrons. The number of hydrogen-bond donors (Lipinski definition) is 1. The number of nitrogens with two attached hydrogens (primary N) is 1. The van der Waals surface area contributed by atoms with Gasteiger partial charge in [0.05, 0.1) is 0 Å². The van der Waals surface area contributed by atoms with Crippen LogP contribution in [-0.2, 0) is 0 Å². The van der Waals surface area contributed by atoms with Crippen LogP contribution in [0.4, 0.5) is 11.4 Å². The van der Waals surface area contributed by atoms with Gasteiger partial charge in [-0.2, -0.15) is 0 Å². The van der Waals surface area contributed by atoms with Crippen LogP contribution in [-0.4, -0.2) is 13.6 Å². The molecule has 1 atom stereocenters. The molecule has 1 aromatic rings. The summed E-state index contributed by atoms with van der Waals surface area (Å²) in [6.45, 7) is 5.63. The molecule has 1 aromatic carbocycles. The first-order valence-corrected chi connectivity index (χ1v) is 5.70. The van der Waals surface area contributed by atoms with Crippen molar-refractivity contribution in [1.29, 1.82) is 0 Å². The average Bonchev–Trinajstić information content (AvgIpc) is 2.18. The number of nitrogens with zero attached hydrogens (tertiary/aromatic N) is 1. The summed E-state index contributed by atoms with van der Waals surface area (Å²) in [6, 6.07) is 8.06. The van der Waals surface area contributed by atoms with E-state index in [1.807, 2.05) is 18.2 Å². The maximum atomic E-state index is 5.76. The number of hydrogen-bond acceptors (Lipinski definition) is 2. The Labute approximate surface area is 93.1 Å². The summed E-state index contributed by atoms with van der Waals surface area (Å²) < 4.78 is 0. The van der Waals surface area contributed by atoms with Gasteiger partial charge in [-0.3, -0.25) is 0 Å². The normalized spacial score (nSPS) is 12.5. The van der Waals surface area contributed by atoms with Crippen molar-refractivity contribution in [3.63, 3.8) is 0 Å². The van der Waals surface area contributed by atoms with Crippen molar-refractivity contribution in [3.8, 4) is 0 Å². The molecule has 0 aliphatic heterocycles. The third kappa shape index (κ3) is 3.82. The van der Waals surface area contributed by atoms with Gasteiger partial charge in [0, 0.05) is 25.0 Å². The Morgan fingerprint density at radius 1 is 1.40 bits per heavy atom. The van der Waals surface area contributed by atoms with Gasteiger partial charge in [0.2, 0.25) is 0 Å². The molecule has 1 unspecified atom stereocenters. The Morgan fingerprint density at radius 3 is 2.73 bits per heavy atom. The number of rotatable bonds is 5. The zero-order valence-corrected chi connectivity index (χ0v) is 10.0. The maximum absolute atomic E-state index is 5.76. The third-order valence-corrected chi connectivity index (χ3v) is 2.68. The molecular weight excluding hydrogens is 184 g/mol. The van der Waals surface area contributed by atoms with Crippen molar-refractivity contribution in [2.45, 2.75) is 26.7 Å². The second kappa shape index (κ2) is 5.64. The van der Waals surface area contributed by atoms with Crippen LogP contribution in [0.25, 0.3) is 0 Å². The number of nitrogen functional groups attached to an aromatic ring is 1. The van der Waals surface area contributed by atoms with Crippen LogP contribution in [0.15, 0.2) is 24.3 Å². The average molecular weight is 206 g/mol. The van der Waals surface area contributed by atoms with E-state index in [1.165, 1.54) is 18.5 Å². The number of benzene rings is 1. The monoisotopic (exact) mass is 206 g/mol. The molecule has 0 aromatic heterocycles. The van der Waals surface area contributed by atoms with Gasteiger partial charge in [-0.25, -0.2) is 0 Å². The van der Waals surface area contributed by atoms with Gasteiger partial charge in [0.15, 0.2) is 0 Å². The molecule has 0 heterocycles. The Bertz CT molecular complexity index is 296. The summed E-state index contributed by atoms with van der Waals surface area (Å²) in [4.78, 5) is 2.27. The largest absolute Gasteiger partial charge is 0.399 e. The van der Waals surface area contributed by atoms with Crippen LogP contribution in [0.2, 0.25) is 0 Å². The van der Waals surface area contributed by atoms with Crippen LogP contribution < -0.4 is 10.6 Å². The highest BCUT2D eigenvalue weighted by Crippen LogP contribution is 2.18. The lowest BCUT2D eigenvalue weighted by atomic mass is 10.1. The molecule has 0 saturated carbocycles. The molecular formula is C13H22N2. The van der Waals surface area contributed by atoms with Crippen molar-refractivity contribution >= 4 is 11.4 Å². The van der Waals surface area contributed by atoms with E-state index in [1.54, 1.807) is 0 Å². The smallest absolute Gasteiger partial charge is 0.0384 e. The molecule has 1 rings (SSSR count).